The van der Waals surface area contributed by atoms with E-state index in [1.54, 1.807) is 56.3 Å². The molecule has 1 aliphatic rings. The zero-order valence-electron chi connectivity index (χ0n) is 27.3. The Morgan fingerprint density at radius 3 is 2.25 bits per heavy atom. The number of thiazole rings is 1. The fourth-order valence-corrected chi connectivity index (χ4v) is 6.27. The van der Waals surface area contributed by atoms with Gasteiger partial charge in [0.05, 0.1) is 55.9 Å². The van der Waals surface area contributed by atoms with Gasteiger partial charge in [0.1, 0.15) is 0 Å². The Bertz CT molecular complexity index is 2010. The number of nitrogens with zero attached hydrogens (tertiary/aromatic N) is 2. The number of benzene rings is 3. The van der Waals surface area contributed by atoms with E-state index in [2.05, 4.69) is 0 Å². The number of aromatic nitrogens is 1. The number of methoxy groups -OCH3 is 2. The molecule has 0 bridgehead atoms. The summed E-state index contributed by atoms with van der Waals surface area (Å²) in [5.41, 5.74) is 2.23. The largest absolute Gasteiger partial charge is 0.493 e. The molecule has 12 heteroatoms. The molecule has 0 saturated carbocycles. The summed E-state index contributed by atoms with van der Waals surface area (Å²) in [6, 6.07) is 18.8. The highest BCUT2D eigenvalue weighted by Crippen LogP contribution is 2.38. The Hall–Kier alpha value is -5.36. The number of rotatable bonds is 13. The molecule has 0 radical (unpaired) electrons. The lowest BCUT2D eigenvalue weighted by molar-refractivity contribution is -0.145. The van der Waals surface area contributed by atoms with Gasteiger partial charge < -0.3 is 28.4 Å². The lowest BCUT2D eigenvalue weighted by atomic mass is 9.93. The highest BCUT2D eigenvalue weighted by Gasteiger charge is 2.35. The number of hydrogen-bond acceptors (Lipinski definition) is 11. The third kappa shape index (κ3) is 7.13. The number of carbonyl (C=O) groups excluding carboxylic acids is 2. The molecule has 0 saturated heterocycles. The maximum absolute atomic E-state index is 14.3. The lowest BCUT2D eigenvalue weighted by Crippen LogP contribution is -2.40. The fourth-order valence-electron chi connectivity index (χ4n) is 5.27. The van der Waals surface area contributed by atoms with E-state index < -0.39 is 18.0 Å². The molecule has 0 fully saturated rings. The molecule has 48 heavy (non-hydrogen) atoms. The molecule has 0 unspecified atom stereocenters. The Kier molecular flexibility index (Phi) is 11.0. The first kappa shape index (κ1) is 34.0. The minimum absolute atomic E-state index is 0.134. The molecule has 0 spiro atoms. The van der Waals surface area contributed by atoms with Gasteiger partial charge in [0.25, 0.3) is 5.56 Å². The van der Waals surface area contributed by atoms with Gasteiger partial charge in [0.15, 0.2) is 34.4 Å². The third-order valence-corrected chi connectivity index (χ3v) is 8.30. The quantitative estimate of drug-likeness (QED) is 0.191. The monoisotopic (exact) mass is 672 g/mol. The van der Waals surface area contributed by atoms with Crippen LogP contribution in [0.1, 0.15) is 43.5 Å². The second-order valence-corrected chi connectivity index (χ2v) is 11.3. The summed E-state index contributed by atoms with van der Waals surface area (Å²) < 4.78 is 34.9. The summed E-state index contributed by atoms with van der Waals surface area (Å²) in [6.07, 6.45) is 1.73. The first-order valence-corrected chi connectivity index (χ1v) is 16.2. The van der Waals surface area contributed by atoms with Crippen LogP contribution < -0.4 is 33.8 Å². The van der Waals surface area contributed by atoms with E-state index in [-0.39, 0.29) is 31.0 Å². The van der Waals surface area contributed by atoms with Gasteiger partial charge in [-0.2, -0.15) is 0 Å². The summed E-state index contributed by atoms with van der Waals surface area (Å²) in [5.74, 6) is 0.622. The predicted octanol–water partition coefficient (Wildman–Crippen LogP) is 4.29. The van der Waals surface area contributed by atoms with E-state index in [4.69, 9.17) is 33.4 Å². The molecule has 1 aliphatic heterocycles. The van der Waals surface area contributed by atoms with Crippen LogP contribution in [0.4, 0.5) is 0 Å². The molecule has 11 nitrogen and oxygen atoms in total. The van der Waals surface area contributed by atoms with Crippen molar-refractivity contribution in [1.29, 1.82) is 0 Å². The zero-order valence-corrected chi connectivity index (χ0v) is 28.1. The Balaban J connectivity index is 1.71. The summed E-state index contributed by atoms with van der Waals surface area (Å²) in [7, 11) is 3.06. The molecule has 0 N–H and O–H groups in total. The van der Waals surface area contributed by atoms with Crippen molar-refractivity contribution >= 4 is 35.0 Å². The van der Waals surface area contributed by atoms with E-state index in [9.17, 15) is 14.4 Å². The van der Waals surface area contributed by atoms with Gasteiger partial charge in [-0.15, -0.1) is 0 Å². The maximum atomic E-state index is 14.3. The molecule has 3 aromatic carbocycles. The first-order valence-electron chi connectivity index (χ1n) is 15.4. The minimum Gasteiger partial charge on any atom is -0.493 e. The van der Waals surface area contributed by atoms with Gasteiger partial charge in [-0.3, -0.25) is 9.36 Å². The van der Waals surface area contributed by atoms with E-state index in [1.165, 1.54) is 30.1 Å². The van der Waals surface area contributed by atoms with Gasteiger partial charge in [0.2, 0.25) is 0 Å². The van der Waals surface area contributed by atoms with Crippen molar-refractivity contribution < 1.29 is 38.0 Å². The van der Waals surface area contributed by atoms with Crippen LogP contribution in [0.15, 0.2) is 82.1 Å². The van der Waals surface area contributed by atoms with Crippen LogP contribution in [0.3, 0.4) is 0 Å². The Morgan fingerprint density at radius 2 is 1.56 bits per heavy atom. The molecular weight excluding hydrogens is 636 g/mol. The van der Waals surface area contributed by atoms with E-state index in [0.717, 1.165) is 0 Å². The highest BCUT2D eigenvalue weighted by atomic mass is 32.1. The van der Waals surface area contributed by atoms with E-state index >= 15 is 0 Å². The smallest absolute Gasteiger partial charge is 0.344 e. The molecule has 5 rings (SSSR count). The summed E-state index contributed by atoms with van der Waals surface area (Å²) in [5, 5.41) is 0. The summed E-state index contributed by atoms with van der Waals surface area (Å²) >= 11 is 1.19. The Morgan fingerprint density at radius 1 is 0.833 bits per heavy atom. The number of ether oxygens (including phenoxy) is 6. The standard InChI is InChI=1S/C36H36N2O9S/c1-6-44-28-18-22(14-16-26(28)47-21-30(39)45-7-2)19-29-34(40)38-33(24-15-17-25(42-4)27(20-24)43-5)31(35(41)46-8-3)32(37-36(38)48-29)23-12-10-9-11-13-23/h9-20,33H,6-8,21H2,1-5H3/b29-19-/t33-/m1/s1. The average molecular weight is 673 g/mol. The second kappa shape index (κ2) is 15.5. The molecule has 1 atom stereocenters. The molecule has 4 aromatic rings. The second-order valence-electron chi connectivity index (χ2n) is 10.3. The van der Waals surface area contributed by atoms with Crippen molar-refractivity contribution in [3.05, 3.63) is 109 Å². The summed E-state index contributed by atoms with van der Waals surface area (Å²) in [4.78, 5) is 45.2. The van der Waals surface area contributed by atoms with E-state index in [0.29, 0.717) is 61.3 Å². The first-order chi connectivity index (χ1) is 23.3. The van der Waals surface area contributed by atoms with Crippen molar-refractivity contribution in [3.63, 3.8) is 0 Å². The van der Waals surface area contributed by atoms with Crippen LogP contribution in [0.25, 0.3) is 11.8 Å². The topological polar surface area (TPSA) is 124 Å². The molecule has 2 heterocycles. The van der Waals surface area contributed by atoms with Crippen molar-refractivity contribution in [3.8, 4) is 23.0 Å². The normalized spacial score (nSPS) is 14.1. The van der Waals surface area contributed by atoms with Crippen molar-refractivity contribution in [2.75, 3.05) is 40.6 Å². The molecule has 0 aliphatic carbocycles. The molecule has 1 aromatic heterocycles. The average Bonchev–Trinajstić information content (AvgIpc) is 3.41. The number of esters is 2. The van der Waals surface area contributed by atoms with Crippen LogP contribution in [-0.4, -0.2) is 57.2 Å². The van der Waals surface area contributed by atoms with Gasteiger partial charge in [0, 0.05) is 5.56 Å². The van der Waals surface area contributed by atoms with Crippen LogP contribution in [0, 0.1) is 0 Å². The Labute approximate surface area is 281 Å². The summed E-state index contributed by atoms with van der Waals surface area (Å²) in [6.45, 7) is 5.75. The molecule has 250 valence electrons. The number of fused-ring (bicyclic) bond motifs is 1. The van der Waals surface area contributed by atoms with Crippen LogP contribution in [0.5, 0.6) is 23.0 Å². The number of carbonyl (C=O) groups is 2. The predicted molar refractivity (Wildman–Crippen MR) is 180 cm³/mol. The zero-order chi connectivity index (χ0) is 34.2. The SMILES string of the molecule is CCOC(=O)COc1ccc(/C=c2\sc3n(c2=O)[C@H](c2ccc(OC)c(OC)c2)C(C(=O)OCC)=C(c2ccccc2)N=3)cc1OCC. The van der Waals surface area contributed by atoms with Crippen molar-refractivity contribution in [2.45, 2.75) is 26.8 Å². The van der Waals surface area contributed by atoms with Gasteiger partial charge in [-0.05, 0) is 62.2 Å². The molecular formula is C36H36N2O9S. The maximum Gasteiger partial charge on any atom is 0.344 e. The van der Waals surface area contributed by atoms with Crippen molar-refractivity contribution in [2.24, 2.45) is 4.99 Å². The van der Waals surface area contributed by atoms with Gasteiger partial charge >= 0.3 is 11.9 Å². The number of hydrogen-bond donors (Lipinski definition) is 0. The van der Waals surface area contributed by atoms with Crippen LogP contribution >= 0.6 is 11.3 Å². The lowest BCUT2D eigenvalue weighted by Gasteiger charge is -2.26. The van der Waals surface area contributed by atoms with E-state index in [1.807, 2.05) is 37.3 Å². The van der Waals surface area contributed by atoms with Crippen molar-refractivity contribution in [1.82, 2.24) is 4.57 Å². The third-order valence-electron chi connectivity index (χ3n) is 7.31. The van der Waals surface area contributed by atoms with Crippen LogP contribution in [-0.2, 0) is 19.1 Å². The van der Waals surface area contributed by atoms with Crippen LogP contribution in [0.2, 0.25) is 0 Å². The fraction of sp³-hybridized carbons (Fsp3) is 0.278. The minimum atomic E-state index is -0.893. The van der Waals surface area contributed by atoms with Gasteiger partial charge in [-0.1, -0.05) is 53.8 Å². The highest BCUT2D eigenvalue weighted by molar-refractivity contribution is 7.07. The molecule has 0 amide bonds. The van der Waals surface area contributed by atoms with Gasteiger partial charge in [-0.25, -0.2) is 14.6 Å².